The third-order valence-electron chi connectivity index (χ3n) is 5.18. The molecule has 0 aromatic heterocycles. The highest BCUT2D eigenvalue weighted by Crippen LogP contribution is 2.44. The van der Waals surface area contributed by atoms with Gasteiger partial charge in [0.05, 0.1) is 13.2 Å². The fourth-order valence-electron chi connectivity index (χ4n) is 3.50. The molecule has 3 aromatic carbocycles. The smallest absolute Gasteiger partial charge is 0.434 e. The number of carbonyl (C=O) groups excluding carboxylic acids is 2. The van der Waals surface area contributed by atoms with Crippen molar-refractivity contribution >= 4 is 33.9 Å². The van der Waals surface area contributed by atoms with Crippen LogP contribution >= 0.6 is 0 Å². The van der Waals surface area contributed by atoms with Gasteiger partial charge >= 0.3 is 12.3 Å². The largest absolute Gasteiger partial charge is 0.513 e. The Labute approximate surface area is 188 Å². The fourth-order valence-corrected chi connectivity index (χ4v) is 3.50. The molecule has 0 saturated carbocycles. The van der Waals surface area contributed by atoms with Crippen molar-refractivity contribution in [1.29, 1.82) is 0 Å². The van der Waals surface area contributed by atoms with Crippen LogP contribution in [0.1, 0.15) is 51.7 Å². The minimum atomic E-state index is -0.757. The summed E-state index contributed by atoms with van der Waals surface area (Å²) < 4.78 is 21.8. The van der Waals surface area contributed by atoms with Crippen molar-refractivity contribution in [2.45, 2.75) is 53.4 Å². The van der Waals surface area contributed by atoms with Crippen LogP contribution in [0, 0.1) is 0 Å². The van der Waals surface area contributed by atoms with Crippen LogP contribution in [0.2, 0.25) is 0 Å². The van der Waals surface area contributed by atoms with Gasteiger partial charge in [0.1, 0.15) is 11.5 Å². The quantitative estimate of drug-likeness (QED) is 0.215. The first-order valence-electron chi connectivity index (χ1n) is 11.2. The molecule has 0 atom stereocenters. The summed E-state index contributed by atoms with van der Waals surface area (Å²) in [5.74, 6) is 0.784. The summed E-state index contributed by atoms with van der Waals surface area (Å²) in [6.07, 6.45) is 1.49. The van der Waals surface area contributed by atoms with Crippen LogP contribution in [0.15, 0.2) is 36.4 Å². The Bertz CT molecular complexity index is 1030. The predicted octanol–water partition coefficient (Wildman–Crippen LogP) is 6.97. The van der Waals surface area contributed by atoms with E-state index in [1.165, 1.54) is 0 Å². The molecule has 0 fully saturated rings. The molecular weight excluding hydrogens is 408 g/mol. The maximum Gasteiger partial charge on any atom is 0.513 e. The lowest BCUT2D eigenvalue weighted by Crippen LogP contribution is -2.13. The van der Waals surface area contributed by atoms with Gasteiger partial charge in [0.25, 0.3) is 0 Å². The van der Waals surface area contributed by atoms with Crippen LogP contribution in [0.25, 0.3) is 21.5 Å². The van der Waals surface area contributed by atoms with E-state index in [1.54, 1.807) is 0 Å². The van der Waals surface area contributed by atoms with Gasteiger partial charge in [-0.1, -0.05) is 52.0 Å². The van der Waals surface area contributed by atoms with E-state index in [4.69, 9.17) is 18.9 Å². The number of carbonyl (C=O) groups is 2. The molecule has 0 amide bonds. The summed E-state index contributed by atoms with van der Waals surface area (Å²) in [6.45, 7) is 8.48. The molecule has 6 nitrogen and oxygen atoms in total. The Balaban J connectivity index is 2.26. The van der Waals surface area contributed by atoms with Crippen LogP contribution in [0.3, 0.4) is 0 Å². The van der Waals surface area contributed by atoms with Crippen LogP contribution in [0.5, 0.6) is 11.5 Å². The van der Waals surface area contributed by atoms with E-state index < -0.39 is 12.3 Å². The van der Waals surface area contributed by atoms with Crippen molar-refractivity contribution in [1.82, 2.24) is 0 Å². The number of ether oxygens (including phenoxy) is 4. The molecule has 0 aliphatic heterocycles. The molecule has 6 heteroatoms. The van der Waals surface area contributed by atoms with Crippen molar-refractivity contribution < 1.29 is 28.5 Å². The molecule has 0 N–H and O–H groups in total. The minimum absolute atomic E-state index is 0.277. The molecule has 0 radical (unpaired) electrons. The monoisotopic (exact) mass is 438 g/mol. The van der Waals surface area contributed by atoms with Crippen molar-refractivity contribution in [2.75, 3.05) is 13.2 Å². The number of hydrogen-bond acceptors (Lipinski definition) is 6. The summed E-state index contributed by atoms with van der Waals surface area (Å²) in [7, 11) is 0. The number of aryl methyl sites for hydroxylation is 2. The van der Waals surface area contributed by atoms with E-state index in [0.29, 0.717) is 45.9 Å². The van der Waals surface area contributed by atoms with Crippen LogP contribution in [-0.2, 0) is 22.3 Å². The molecule has 0 saturated heterocycles. The van der Waals surface area contributed by atoms with Gasteiger partial charge in [-0.25, -0.2) is 9.59 Å². The highest BCUT2D eigenvalue weighted by molar-refractivity contribution is 6.12. The first-order chi connectivity index (χ1) is 15.5. The number of benzene rings is 3. The van der Waals surface area contributed by atoms with Crippen LogP contribution in [0.4, 0.5) is 9.59 Å². The first kappa shape index (κ1) is 23.4. The van der Waals surface area contributed by atoms with Gasteiger partial charge in [-0.2, -0.15) is 0 Å². The zero-order valence-electron chi connectivity index (χ0n) is 19.2. The van der Waals surface area contributed by atoms with Gasteiger partial charge < -0.3 is 18.9 Å². The third kappa shape index (κ3) is 5.13. The highest BCUT2D eigenvalue weighted by atomic mass is 16.7. The molecule has 0 aliphatic rings. The number of fused-ring (bicyclic) bond motifs is 2. The van der Waals surface area contributed by atoms with E-state index in [-0.39, 0.29) is 13.2 Å². The molecule has 0 bridgehead atoms. The molecule has 0 heterocycles. The van der Waals surface area contributed by atoms with Crippen molar-refractivity contribution in [3.8, 4) is 11.5 Å². The second-order valence-electron chi connectivity index (χ2n) is 7.53. The molecule has 0 aliphatic carbocycles. The lowest BCUT2D eigenvalue weighted by Gasteiger charge is -2.17. The Kier molecular flexibility index (Phi) is 7.92. The molecular formula is C26H30O6. The van der Waals surface area contributed by atoms with Crippen molar-refractivity contribution in [3.05, 3.63) is 47.5 Å². The normalized spacial score (nSPS) is 10.9. The topological polar surface area (TPSA) is 71.1 Å². The zero-order chi connectivity index (χ0) is 23.1. The minimum Gasteiger partial charge on any atom is -0.434 e. The predicted molar refractivity (Wildman–Crippen MR) is 125 cm³/mol. The maximum absolute atomic E-state index is 12.4. The van der Waals surface area contributed by atoms with Gasteiger partial charge in [0, 0.05) is 21.5 Å². The molecule has 170 valence electrons. The van der Waals surface area contributed by atoms with E-state index >= 15 is 0 Å². The van der Waals surface area contributed by atoms with E-state index in [1.807, 2.05) is 64.1 Å². The molecule has 32 heavy (non-hydrogen) atoms. The highest BCUT2D eigenvalue weighted by Gasteiger charge is 2.22. The molecule has 3 aromatic rings. The fraction of sp³-hybridized carbons (Fsp3) is 0.385. The van der Waals surface area contributed by atoms with Gasteiger partial charge in [-0.05, 0) is 48.9 Å². The Morgan fingerprint density at radius 1 is 0.625 bits per heavy atom. The maximum atomic E-state index is 12.4. The first-order valence-corrected chi connectivity index (χ1v) is 11.2. The summed E-state index contributed by atoms with van der Waals surface area (Å²) >= 11 is 0. The van der Waals surface area contributed by atoms with Crippen molar-refractivity contribution in [2.24, 2.45) is 0 Å². The molecule has 0 unspecified atom stereocenters. The SMILES string of the molecule is CCCOC(=O)Oc1c2ccc(CC)cc2c(OC(=O)OCCC)c2ccc(CC)cc12. The lowest BCUT2D eigenvalue weighted by atomic mass is 9.96. The second-order valence-corrected chi connectivity index (χ2v) is 7.53. The van der Waals surface area contributed by atoms with E-state index in [9.17, 15) is 9.59 Å². The Morgan fingerprint density at radius 3 is 1.38 bits per heavy atom. The average Bonchev–Trinajstić information content (AvgIpc) is 2.82. The van der Waals surface area contributed by atoms with Gasteiger partial charge in [-0.15, -0.1) is 0 Å². The molecule has 3 rings (SSSR count). The van der Waals surface area contributed by atoms with Crippen LogP contribution in [-0.4, -0.2) is 25.5 Å². The second kappa shape index (κ2) is 10.8. The van der Waals surface area contributed by atoms with Gasteiger partial charge in [-0.3, -0.25) is 0 Å². The lowest BCUT2D eigenvalue weighted by molar-refractivity contribution is 0.0984. The van der Waals surface area contributed by atoms with Gasteiger partial charge in [0.15, 0.2) is 0 Å². The summed E-state index contributed by atoms with van der Waals surface area (Å²) in [4.78, 5) is 24.7. The number of rotatable bonds is 8. The zero-order valence-corrected chi connectivity index (χ0v) is 19.2. The summed E-state index contributed by atoms with van der Waals surface area (Å²) in [6, 6.07) is 11.6. The number of hydrogen-bond donors (Lipinski definition) is 0. The van der Waals surface area contributed by atoms with E-state index in [2.05, 4.69) is 0 Å². The Morgan fingerprint density at radius 2 is 1.03 bits per heavy atom. The average molecular weight is 439 g/mol. The van der Waals surface area contributed by atoms with Crippen LogP contribution < -0.4 is 9.47 Å². The summed E-state index contributed by atoms with van der Waals surface area (Å²) in [5, 5.41) is 2.67. The summed E-state index contributed by atoms with van der Waals surface area (Å²) in [5.41, 5.74) is 2.13. The van der Waals surface area contributed by atoms with E-state index in [0.717, 1.165) is 24.0 Å². The third-order valence-corrected chi connectivity index (χ3v) is 5.18. The Hall–Kier alpha value is -3.28. The standard InChI is InChI=1S/C26H30O6/c1-5-13-29-25(27)31-23-19-11-9-18(8-4)16-22(19)24(32-26(28)30-14-6-2)20-12-10-17(7-3)15-21(20)23/h9-12,15-16H,5-8,13-14H2,1-4H3. The van der Waals surface area contributed by atoms with Gasteiger partial charge in [0.2, 0.25) is 0 Å². The molecule has 0 spiro atoms. The van der Waals surface area contributed by atoms with Crippen molar-refractivity contribution in [3.63, 3.8) is 0 Å².